The van der Waals surface area contributed by atoms with E-state index < -0.39 is 5.97 Å². The molecule has 4 rings (SSSR count). The molecule has 0 unspecified atom stereocenters. The van der Waals surface area contributed by atoms with Crippen LogP contribution in [0.3, 0.4) is 0 Å². The lowest BCUT2D eigenvalue weighted by atomic mass is 9.75. The highest BCUT2D eigenvalue weighted by molar-refractivity contribution is 7.20. The number of aromatic amines is 1. The van der Waals surface area contributed by atoms with Gasteiger partial charge in [-0.25, -0.2) is 9.78 Å². The number of nitrogens with zero attached hydrogens (tertiary/aromatic N) is 2. The van der Waals surface area contributed by atoms with E-state index in [2.05, 4.69) is 14.9 Å². The van der Waals surface area contributed by atoms with E-state index in [4.69, 9.17) is 9.47 Å². The van der Waals surface area contributed by atoms with Crippen LogP contribution >= 0.6 is 11.3 Å². The number of nitrogens with one attached hydrogen (secondary N) is 1. The summed E-state index contributed by atoms with van der Waals surface area (Å²) in [6.07, 6.45) is 6.65. The van der Waals surface area contributed by atoms with Crippen molar-refractivity contribution >= 4 is 27.5 Å². The van der Waals surface area contributed by atoms with Crippen LogP contribution in [0.1, 0.15) is 53.2 Å². The number of carbonyl (C=O) groups excluding carboxylic acids is 1. The first kappa shape index (κ1) is 20.5. The summed E-state index contributed by atoms with van der Waals surface area (Å²) in [5, 5.41) is 0.489. The van der Waals surface area contributed by atoms with Gasteiger partial charge >= 0.3 is 5.97 Å². The van der Waals surface area contributed by atoms with Crippen LogP contribution < -0.4 is 5.56 Å². The van der Waals surface area contributed by atoms with Gasteiger partial charge in [0.1, 0.15) is 22.1 Å². The minimum Gasteiger partial charge on any atom is -0.459 e. The van der Waals surface area contributed by atoms with E-state index >= 15 is 0 Å². The van der Waals surface area contributed by atoms with Crippen LogP contribution in [-0.4, -0.2) is 54.3 Å². The van der Waals surface area contributed by atoms with E-state index in [0.29, 0.717) is 39.6 Å². The van der Waals surface area contributed by atoms with E-state index in [1.807, 2.05) is 0 Å². The summed E-state index contributed by atoms with van der Waals surface area (Å²) in [7, 11) is 1.56. The Kier molecular flexibility index (Phi) is 6.32. The highest BCUT2D eigenvalue weighted by Gasteiger charge is 2.31. The molecule has 2 aromatic rings. The van der Waals surface area contributed by atoms with Gasteiger partial charge in [0.15, 0.2) is 0 Å². The van der Waals surface area contributed by atoms with Gasteiger partial charge in [0.2, 0.25) is 0 Å². The number of hydrogen-bond donors (Lipinski definition) is 1. The molecule has 2 fully saturated rings. The average Bonchev–Trinajstić information content (AvgIpc) is 3.05. The van der Waals surface area contributed by atoms with Gasteiger partial charge in [0, 0.05) is 13.7 Å². The van der Waals surface area contributed by atoms with Gasteiger partial charge in [0.25, 0.3) is 5.56 Å². The number of H-pyrrole nitrogens is 1. The molecule has 1 saturated carbocycles. The van der Waals surface area contributed by atoms with Crippen molar-refractivity contribution in [2.24, 2.45) is 11.8 Å². The molecule has 7 nitrogen and oxygen atoms in total. The Balaban J connectivity index is 1.51. The smallest absolute Gasteiger partial charge is 0.348 e. The molecule has 0 spiro atoms. The molecule has 3 heterocycles. The Morgan fingerprint density at radius 2 is 2.03 bits per heavy atom. The predicted octanol–water partition coefficient (Wildman–Crippen LogP) is 3.11. The molecule has 29 heavy (non-hydrogen) atoms. The fraction of sp³-hybridized carbons (Fsp3) is 0.667. The number of esters is 1. The van der Waals surface area contributed by atoms with Crippen LogP contribution in [0, 0.1) is 18.8 Å². The van der Waals surface area contributed by atoms with Crippen molar-refractivity contribution < 1.29 is 14.3 Å². The lowest BCUT2D eigenvalue weighted by molar-refractivity contribution is 0.0393. The second-order valence-electron chi connectivity index (χ2n) is 8.21. The number of aromatic nitrogens is 2. The normalized spacial score (nSPS) is 22.6. The van der Waals surface area contributed by atoms with Gasteiger partial charge in [-0.05, 0) is 43.7 Å². The van der Waals surface area contributed by atoms with Crippen molar-refractivity contribution in [1.29, 1.82) is 0 Å². The van der Waals surface area contributed by atoms with Crippen LogP contribution in [-0.2, 0) is 16.0 Å². The number of fused-ring (bicyclic) bond motifs is 2. The van der Waals surface area contributed by atoms with Crippen LogP contribution in [0.5, 0.6) is 0 Å². The van der Waals surface area contributed by atoms with Crippen molar-refractivity contribution in [3.05, 3.63) is 26.6 Å². The Morgan fingerprint density at radius 3 is 2.83 bits per heavy atom. The van der Waals surface area contributed by atoms with Crippen LogP contribution in [0.15, 0.2) is 4.79 Å². The summed E-state index contributed by atoms with van der Waals surface area (Å²) in [4.78, 5) is 36.1. The molecule has 2 atom stereocenters. The molecule has 1 aliphatic carbocycles. The molecule has 1 saturated heterocycles. The standard InChI is InChI=1S/C21H29N3O4S/c1-13-17-19(25)22-16(12-24-8-7-14-5-3-4-6-15(14)11-24)23-20(17)29-18(13)21(26)28-10-9-27-2/h14-15H,3-12H2,1-2H3,(H,22,23,25)/t14-,15-/m1/s1. The largest absolute Gasteiger partial charge is 0.459 e. The molecule has 0 aromatic carbocycles. The van der Waals surface area contributed by atoms with Crippen molar-refractivity contribution in [3.8, 4) is 0 Å². The summed E-state index contributed by atoms with van der Waals surface area (Å²) in [5.41, 5.74) is 0.456. The Labute approximate surface area is 174 Å². The summed E-state index contributed by atoms with van der Waals surface area (Å²) < 4.78 is 10.1. The second kappa shape index (κ2) is 8.93. The molecule has 2 aromatic heterocycles. The topological polar surface area (TPSA) is 84.5 Å². The van der Waals surface area contributed by atoms with Crippen LogP contribution in [0.25, 0.3) is 10.2 Å². The van der Waals surface area contributed by atoms with Gasteiger partial charge in [0.05, 0.1) is 18.5 Å². The number of carbonyl (C=O) groups is 1. The Morgan fingerprint density at radius 1 is 1.24 bits per heavy atom. The first-order chi connectivity index (χ1) is 14.1. The minimum absolute atomic E-state index is 0.178. The molecule has 8 heteroatoms. The van der Waals surface area contributed by atoms with E-state index in [-0.39, 0.29) is 12.2 Å². The molecule has 2 aliphatic rings. The summed E-state index contributed by atoms with van der Waals surface area (Å²) in [6, 6.07) is 0. The zero-order chi connectivity index (χ0) is 20.4. The van der Waals surface area contributed by atoms with Crippen molar-refractivity contribution in [3.63, 3.8) is 0 Å². The fourth-order valence-corrected chi connectivity index (χ4v) is 5.87. The lowest BCUT2D eigenvalue weighted by Crippen LogP contribution is -2.41. The lowest BCUT2D eigenvalue weighted by Gasteiger charge is -2.41. The Hall–Kier alpha value is -1.77. The first-order valence-corrected chi connectivity index (χ1v) is 11.3. The van der Waals surface area contributed by atoms with Gasteiger partial charge in [-0.1, -0.05) is 19.3 Å². The second-order valence-corrected chi connectivity index (χ2v) is 9.21. The van der Waals surface area contributed by atoms with Crippen molar-refractivity contribution in [1.82, 2.24) is 14.9 Å². The highest BCUT2D eigenvalue weighted by atomic mass is 32.1. The van der Waals surface area contributed by atoms with Gasteiger partial charge < -0.3 is 14.5 Å². The number of ether oxygens (including phenoxy) is 2. The minimum atomic E-state index is -0.428. The number of likely N-dealkylation sites (tertiary alicyclic amines) is 1. The number of hydrogen-bond acceptors (Lipinski definition) is 7. The fourth-order valence-electron chi connectivity index (χ4n) is 4.77. The number of methoxy groups -OCH3 is 1. The summed E-state index contributed by atoms with van der Waals surface area (Å²) >= 11 is 1.23. The summed E-state index contributed by atoms with van der Waals surface area (Å²) in [5.74, 6) is 1.91. The van der Waals surface area contributed by atoms with Gasteiger partial charge in [-0.15, -0.1) is 11.3 Å². The molecule has 0 radical (unpaired) electrons. The number of rotatable bonds is 6. The van der Waals surface area contributed by atoms with E-state index in [1.54, 1.807) is 14.0 Å². The van der Waals surface area contributed by atoms with E-state index in [9.17, 15) is 9.59 Å². The molecule has 158 valence electrons. The van der Waals surface area contributed by atoms with Gasteiger partial charge in [-0.2, -0.15) is 0 Å². The zero-order valence-electron chi connectivity index (χ0n) is 17.2. The molecular weight excluding hydrogens is 390 g/mol. The van der Waals surface area contributed by atoms with Crippen LogP contribution in [0.4, 0.5) is 0 Å². The monoisotopic (exact) mass is 419 g/mol. The first-order valence-electron chi connectivity index (χ1n) is 10.5. The predicted molar refractivity (Wildman–Crippen MR) is 112 cm³/mol. The number of thiophene rings is 1. The SMILES string of the molecule is COCCOC(=O)c1sc2nc(CN3CC[C@H]4CCCC[C@@H]4C3)[nH]c(=O)c2c1C. The zero-order valence-corrected chi connectivity index (χ0v) is 18.0. The van der Waals surface area contributed by atoms with E-state index in [1.165, 1.54) is 43.4 Å². The third kappa shape index (κ3) is 4.39. The third-order valence-electron chi connectivity index (χ3n) is 6.30. The van der Waals surface area contributed by atoms with Crippen LogP contribution in [0.2, 0.25) is 0 Å². The maximum absolute atomic E-state index is 12.7. The highest BCUT2D eigenvalue weighted by Crippen LogP contribution is 2.36. The summed E-state index contributed by atoms with van der Waals surface area (Å²) in [6.45, 7) is 5.11. The third-order valence-corrected chi connectivity index (χ3v) is 7.47. The molecule has 1 N–H and O–H groups in total. The molecule has 1 aliphatic heterocycles. The average molecular weight is 420 g/mol. The van der Waals surface area contributed by atoms with E-state index in [0.717, 1.165) is 24.9 Å². The maximum atomic E-state index is 12.7. The maximum Gasteiger partial charge on any atom is 0.348 e. The molecule has 0 amide bonds. The Bertz CT molecular complexity index is 938. The van der Waals surface area contributed by atoms with Crippen molar-refractivity contribution in [2.45, 2.75) is 45.6 Å². The molecular formula is C21H29N3O4S. The molecule has 0 bridgehead atoms. The quantitative estimate of drug-likeness (QED) is 0.572. The number of aryl methyl sites for hydroxylation is 1. The van der Waals surface area contributed by atoms with Gasteiger partial charge in [-0.3, -0.25) is 9.69 Å². The number of piperidine rings is 1. The van der Waals surface area contributed by atoms with Crippen molar-refractivity contribution in [2.75, 3.05) is 33.4 Å².